The van der Waals surface area contributed by atoms with Crippen molar-refractivity contribution < 1.29 is 17.9 Å². The first-order chi connectivity index (χ1) is 12.8. The first-order valence-electron chi connectivity index (χ1n) is 9.54. The van der Waals surface area contributed by atoms with E-state index < -0.39 is 10.0 Å². The van der Waals surface area contributed by atoms with Gasteiger partial charge in [0, 0.05) is 24.7 Å². The largest absolute Gasteiger partial charge is 0.373 e. The molecule has 2 heterocycles. The lowest BCUT2D eigenvalue weighted by Crippen LogP contribution is -2.48. The number of morpholine rings is 1. The maximum Gasteiger partial charge on any atom is 0.251 e. The Labute approximate surface area is 173 Å². The van der Waals surface area contributed by atoms with Crippen LogP contribution in [0, 0.1) is 5.92 Å². The maximum atomic E-state index is 13.0. The Morgan fingerprint density at radius 1 is 1.21 bits per heavy atom. The molecule has 0 radical (unpaired) electrons. The molecular weight excluding hydrogens is 402 g/mol. The smallest absolute Gasteiger partial charge is 0.251 e. The van der Waals surface area contributed by atoms with Gasteiger partial charge >= 0.3 is 0 Å². The number of ether oxygens (including phenoxy) is 1. The summed E-state index contributed by atoms with van der Waals surface area (Å²) in [6, 6.07) is 6.40. The van der Waals surface area contributed by atoms with Gasteiger partial charge in [-0.15, -0.1) is 12.4 Å². The van der Waals surface area contributed by atoms with Gasteiger partial charge in [-0.2, -0.15) is 4.31 Å². The zero-order valence-electron chi connectivity index (χ0n) is 16.6. The van der Waals surface area contributed by atoms with Crippen LogP contribution < -0.4 is 10.6 Å². The van der Waals surface area contributed by atoms with E-state index in [9.17, 15) is 13.2 Å². The predicted molar refractivity (Wildman–Crippen MR) is 110 cm³/mol. The molecule has 2 fully saturated rings. The SMILES string of the molecule is CC1CN(S(=O)(=O)c2cccc(C(=O)NC3CCNCC3C)c2)CC(C)O1.Cl. The van der Waals surface area contributed by atoms with Crippen LogP contribution in [0.2, 0.25) is 0 Å². The maximum absolute atomic E-state index is 13.0. The van der Waals surface area contributed by atoms with Crippen LogP contribution >= 0.6 is 12.4 Å². The minimum atomic E-state index is -3.66. The molecule has 7 nitrogen and oxygen atoms in total. The monoisotopic (exact) mass is 431 g/mol. The van der Waals surface area contributed by atoms with E-state index in [4.69, 9.17) is 4.74 Å². The number of amides is 1. The van der Waals surface area contributed by atoms with Gasteiger partial charge in [0.1, 0.15) is 0 Å². The third kappa shape index (κ3) is 5.24. The molecule has 2 aliphatic rings. The van der Waals surface area contributed by atoms with E-state index in [1.54, 1.807) is 18.2 Å². The molecule has 3 rings (SSSR count). The molecule has 0 aliphatic carbocycles. The van der Waals surface area contributed by atoms with E-state index in [1.165, 1.54) is 10.4 Å². The highest BCUT2D eigenvalue weighted by Gasteiger charge is 2.32. The predicted octanol–water partition coefficient (Wildman–Crippen LogP) is 1.63. The summed E-state index contributed by atoms with van der Waals surface area (Å²) >= 11 is 0. The average Bonchev–Trinajstić information content (AvgIpc) is 2.63. The van der Waals surface area contributed by atoms with Crippen molar-refractivity contribution in [1.82, 2.24) is 14.9 Å². The lowest BCUT2D eigenvalue weighted by molar-refractivity contribution is -0.0440. The van der Waals surface area contributed by atoms with Gasteiger partial charge in [-0.1, -0.05) is 13.0 Å². The number of hydrogen-bond acceptors (Lipinski definition) is 5. The van der Waals surface area contributed by atoms with Crippen LogP contribution in [0.4, 0.5) is 0 Å². The van der Waals surface area contributed by atoms with E-state index in [1.807, 2.05) is 13.8 Å². The molecule has 28 heavy (non-hydrogen) atoms. The van der Waals surface area contributed by atoms with Crippen LogP contribution in [-0.4, -0.2) is 63.1 Å². The topological polar surface area (TPSA) is 87.7 Å². The molecule has 0 spiro atoms. The first-order valence-corrected chi connectivity index (χ1v) is 11.0. The molecule has 1 amide bonds. The Hall–Kier alpha value is -1.19. The third-order valence-corrected chi connectivity index (χ3v) is 7.05. The van der Waals surface area contributed by atoms with Crippen molar-refractivity contribution in [3.63, 3.8) is 0 Å². The van der Waals surface area contributed by atoms with Crippen LogP contribution in [0.3, 0.4) is 0 Å². The van der Waals surface area contributed by atoms with E-state index in [-0.39, 0.29) is 41.5 Å². The van der Waals surface area contributed by atoms with Gasteiger partial charge in [-0.3, -0.25) is 4.79 Å². The number of piperidine rings is 1. The van der Waals surface area contributed by atoms with Crippen LogP contribution in [0.5, 0.6) is 0 Å². The minimum Gasteiger partial charge on any atom is -0.373 e. The highest BCUT2D eigenvalue weighted by Crippen LogP contribution is 2.22. The van der Waals surface area contributed by atoms with Gasteiger partial charge in [0.2, 0.25) is 10.0 Å². The fraction of sp³-hybridized carbons (Fsp3) is 0.632. The molecule has 2 saturated heterocycles. The second-order valence-electron chi connectivity index (χ2n) is 7.66. The van der Waals surface area contributed by atoms with Crippen LogP contribution in [0.1, 0.15) is 37.6 Å². The molecule has 4 atom stereocenters. The zero-order chi connectivity index (χ0) is 19.6. The summed E-state index contributed by atoms with van der Waals surface area (Å²) < 4.78 is 33.1. The molecular formula is C19H30ClN3O4S. The highest BCUT2D eigenvalue weighted by molar-refractivity contribution is 7.89. The molecule has 4 unspecified atom stereocenters. The summed E-state index contributed by atoms with van der Waals surface area (Å²) in [5.41, 5.74) is 0.371. The number of carbonyl (C=O) groups is 1. The fourth-order valence-electron chi connectivity index (χ4n) is 3.75. The standard InChI is InChI=1S/C19H29N3O4S.ClH/c1-13-10-20-8-7-18(13)21-19(23)16-5-4-6-17(9-16)27(24,25)22-11-14(2)26-15(3)12-22;/h4-6,9,13-15,18,20H,7-8,10-12H2,1-3H3,(H,21,23);1H. The van der Waals surface area contributed by atoms with Gasteiger partial charge in [-0.25, -0.2) is 8.42 Å². The third-order valence-electron chi connectivity index (χ3n) is 5.22. The Kier molecular flexibility index (Phi) is 7.87. The van der Waals surface area contributed by atoms with E-state index >= 15 is 0 Å². The molecule has 0 saturated carbocycles. The molecule has 2 aliphatic heterocycles. The Morgan fingerprint density at radius 2 is 1.89 bits per heavy atom. The summed E-state index contributed by atoms with van der Waals surface area (Å²) in [5, 5.41) is 6.35. The number of hydrogen-bond donors (Lipinski definition) is 2. The van der Waals surface area contributed by atoms with Crippen LogP contribution in [0.15, 0.2) is 29.2 Å². The first kappa shape index (κ1) is 23.1. The zero-order valence-corrected chi connectivity index (χ0v) is 18.2. The van der Waals surface area contributed by atoms with Gasteiger partial charge in [0.05, 0.1) is 17.1 Å². The van der Waals surface area contributed by atoms with Gasteiger partial charge in [0.25, 0.3) is 5.91 Å². The van der Waals surface area contributed by atoms with Gasteiger partial charge in [0.15, 0.2) is 0 Å². The molecule has 0 bridgehead atoms. The van der Waals surface area contributed by atoms with Crippen molar-refractivity contribution in [3.05, 3.63) is 29.8 Å². The quantitative estimate of drug-likeness (QED) is 0.756. The van der Waals surface area contributed by atoms with Gasteiger partial charge < -0.3 is 15.4 Å². The summed E-state index contributed by atoms with van der Waals surface area (Å²) in [4.78, 5) is 12.8. The lowest BCUT2D eigenvalue weighted by atomic mass is 9.95. The van der Waals surface area contributed by atoms with E-state index in [0.29, 0.717) is 24.6 Å². The van der Waals surface area contributed by atoms with Crippen molar-refractivity contribution >= 4 is 28.3 Å². The Morgan fingerprint density at radius 3 is 2.54 bits per heavy atom. The molecule has 1 aromatic rings. The highest BCUT2D eigenvalue weighted by atomic mass is 35.5. The summed E-state index contributed by atoms with van der Waals surface area (Å²) in [5.74, 6) is 0.112. The Balaban J connectivity index is 0.00000280. The minimum absolute atomic E-state index is 0. The summed E-state index contributed by atoms with van der Waals surface area (Å²) in [7, 11) is -3.66. The molecule has 2 N–H and O–H groups in total. The second-order valence-corrected chi connectivity index (χ2v) is 9.60. The van der Waals surface area contributed by atoms with Crippen molar-refractivity contribution in [2.45, 2.75) is 50.3 Å². The lowest BCUT2D eigenvalue weighted by Gasteiger charge is -2.34. The van der Waals surface area contributed by atoms with E-state index in [2.05, 4.69) is 17.6 Å². The van der Waals surface area contributed by atoms with Crippen molar-refractivity contribution in [1.29, 1.82) is 0 Å². The molecule has 9 heteroatoms. The summed E-state index contributed by atoms with van der Waals surface area (Å²) in [6.07, 6.45) is 0.557. The van der Waals surface area contributed by atoms with Crippen molar-refractivity contribution in [3.8, 4) is 0 Å². The normalized spacial score (nSPS) is 29.0. The number of sulfonamides is 1. The average molecular weight is 432 g/mol. The second kappa shape index (κ2) is 9.54. The van der Waals surface area contributed by atoms with Crippen LogP contribution in [-0.2, 0) is 14.8 Å². The number of halogens is 1. The Bertz CT molecular complexity index is 779. The number of carbonyl (C=O) groups excluding carboxylic acids is 1. The fourth-order valence-corrected chi connectivity index (χ4v) is 5.39. The number of rotatable bonds is 4. The van der Waals surface area contributed by atoms with E-state index in [0.717, 1.165) is 19.5 Å². The molecule has 0 aromatic heterocycles. The number of nitrogens with zero attached hydrogens (tertiary/aromatic N) is 1. The van der Waals surface area contributed by atoms with Gasteiger partial charge in [-0.05, 0) is 57.5 Å². The van der Waals surface area contributed by atoms with Crippen molar-refractivity contribution in [2.75, 3.05) is 26.2 Å². The number of nitrogens with one attached hydrogen (secondary N) is 2. The number of benzene rings is 1. The van der Waals surface area contributed by atoms with Crippen molar-refractivity contribution in [2.24, 2.45) is 5.92 Å². The molecule has 1 aromatic carbocycles. The van der Waals surface area contributed by atoms with Crippen LogP contribution in [0.25, 0.3) is 0 Å². The summed E-state index contributed by atoms with van der Waals surface area (Å²) in [6.45, 7) is 8.19. The molecule has 158 valence electrons.